The lowest BCUT2D eigenvalue weighted by Gasteiger charge is -2.26. The summed E-state index contributed by atoms with van der Waals surface area (Å²) in [6.07, 6.45) is 4.76. The van der Waals surface area contributed by atoms with Crippen molar-refractivity contribution in [3.05, 3.63) is 29.5 Å². The highest BCUT2D eigenvalue weighted by Gasteiger charge is 2.21. The van der Waals surface area contributed by atoms with Gasteiger partial charge in [0, 0.05) is 5.39 Å². The van der Waals surface area contributed by atoms with Gasteiger partial charge in [-0.3, -0.25) is 0 Å². The third-order valence-corrected chi connectivity index (χ3v) is 5.23. The fourth-order valence-corrected chi connectivity index (χ4v) is 3.90. The van der Waals surface area contributed by atoms with Crippen LogP contribution in [-0.2, 0) is 0 Å². The molecule has 2 N–H and O–H groups in total. The number of nitrogens with one attached hydrogen (secondary N) is 2. The van der Waals surface area contributed by atoms with Crippen molar-refractivity contribution in [2.45, 2.75) is 44.6 Å². The van der Waals surface area contributed by atoms with Crippen LogP contribution in [0.15, 0.2) is 18.2 Å². The first-order valence-corrected chi connectivity index (χ1v) is 9.16. The normalized spacial score (nSPS) is 20.4. The van der Waals surface area contributed by atoms with E-state index >= 15 is 0 Å². The molecule has 0 atom stereocenters. The lowest BCUT2D eigenvalue weighted by Crippen LogP contribution is -2.34. The van der Waals surface area contributed by atoms with Crippen LogP contribution in [0.5, 0.6) is 5.75 Å². The van der Waals surface area contributed by atoms with Gasteiger partial charge in [-0.05, 0) is 82.4 Å². The minimum atomic E-state index is 0.280. The molecular formula is C19H26N4O. The molecule has 24 heavy (non-hydrogen) atoms. The van der Waals surface area contributed by atoms with Gasteiger partial charge >= 0.3 is 0 Å². The van der Waals surface area contributed by atoms with E-state index in [4.69, 9.17) is 4.74 Å². The molecule has 128 valence electrons. The molecule has 2 saturated heterocycles. The maximum atomic E-state index is 6.30. The van der Waals surface area contributed by atoms with Gasteiger partial charge in [0.15, 0.2) is 0 Å². The number of rotatable bonds is 3. The van der Waals surface area contributed by atoms with Gasteiger partial charge in [-0.25, -0.2) is 0 Å². The molecule has 0 amide bonds. The maximum absolute atomic E-state index is 6.30. The second kappa shape index (κ2) is 7.03. The van der Waals surface area contributed by atoms with E-state index in [1.165, 1.54) is 23.8 Å². The molecule has 2 fully saturated rings. The van der Waals surface area contributed by atoms with Crippen molar-refractivity contribution in [1.82, 2.24) is 20.8 Å². The molecule has 2 aliphatic heterocycles. The molecule has 0 radical (unpaired) electrons. The third-order valence-electron chi connectivity index (χ3n) is 5.23. The Balaban J connectivity index is 1.70. The predicted octanol–water partition coefficient (Wildman–Crippen LogP) is 2.54. The van der Waals surface area contributed by atoms with Crippen molar-refractivity contribution in [3.63, 3.8) is 0 Å². The molecule has 5 heteroatoms. The van der Waals surface area contributed by atoms with E-state index in [2.05, 4.69) is 39.0 Å². The van der Waals surface area contributed by atoms with Crippen LogP contribution in [0.2, 0.25) is 0 Å². The van der Waals surface area contributed by atoms with E-state index in [-0.39, 0.29) is 6.10 Å². The maximum Gasteiger partial charge on any atom is 0.147 e. The SMILES string of the molecule is Cc1cc2c(C3CCNCC3)ccc(OC3CCNCC3)c2nn1. The van der Waals surface area contributed by atoms with Crippen LogP contribution >= 0.6 is 0 Å². The summed E-state index contributed by atoms with van der Waals surface area (Å²) >= 11 is 0. The van der Waals surface area contributed by atoms with Gasteiger partial charge in [0.2, 0.25) is 0 Å². The Morgan fingerprint density at radius 3 is 2.42 bits per heavy atom. The van der Waals surface area contributed by atoms with E-state index < -0.39 is 0 Å². The van der Waals surface area contributed by atoms with Crippen LogP contribution in [0.1, 0.15) is 42.9 Å². The number of hydrogen-bond donors (Lipinski definition) is 2. The fourth-order valence-electron chi connectivity index (χ4n) is 3.90. The molecule has 4 rings (SSSR count). The fraction of sp³-hybridized carbons (Fsp3) is 0.579. The number of aryl methyl sites for hydroxylation is 1. The molecular weight excluding hydrogens is 300 g/mol. The predicted molar refractivity (Wildman–Crippen MR) is 95.6 cm³/mol. The van der Waals surface area contributed by atoms with Gasteiger partial charge in [-0.1, -0.05) is 6.07 Å². The van der Waals surface area contributed by atoms with E-state index in [1.807, 2.05) is 6.92 Å². The Bertz CT molecular complexity index is 706. The minimum Gasteiger partial charge on any atom is -0.488 e. The molecule has 5 nitrogen and oxygen atoms in total. The summed E-state index contributed by atoms with van der Waals surface area (Å²) in [5, 5.41) is 16.8. The van der Waals surface area contributed by atoms with Gasteiger partial charge in [-0.2, -0.15) is 5.10 Å². The average molecular weight is 326 g/mol. The molecule has 1 aromatic carbocycles. The van der Waals surface area contributed by atoms with Crippen molar-refractivity contribution < 1.29 is 4.74 Å². The zero-order chi connectivity index (χ0) is 16.4. The second-order valence-electron chi connectivity index (χ2n) is 6.99. The smallest absolute Gasteiger partial charge is 0.147 e. The van der Waals surface area contributed by atoms with Crippen molar-refractivity contribution >= 4 is 10.9 Å². The first-order valence-electron chi connectivity index (χ1n) is 9.16. The number of ether oxygens (including phenoxy) is 1. The van der Waals surface area contributed by atoms with Crippen molar-refractivity contribution in [1.29, 1.82) is 0 Å². The molecule has 0 spiro atoms. The average Bonchev–Trinajstić information content (AvgIpc) is 2.63. The highest BCUT2D eigenvalue weighted by molar-refractivity contribution is 5.88. The number of benzene rings is 1. The Kier molecular flexibility index (Phi) is 4.63. The molecule has 3 heterocycles. The molecule has 0 bridgehead atoms. The first kappa shape index (κ1) is 15.8. The van der Waals surface area contributed by atoms with Gasteiger partial charge in [0.05, 0.1) is 5.69 Å². The Labute approximate surface area is 143 Å². The summed E-state index contributed by atoms with van der Waals surface area (Å²) in [5.41, 5.74) is 3.30. The second-order valence-corrected chi connectivity index (χ2v) is 6.99. The highest BCUT2D eigenvalue weighted by atomic mass is 16.5. The number of nitrogens with zero attached hydrogens (tertiary/aromatic N) is 2. The molecule has 1 aromatic heterocycles. The van der Waals surface area contributed by atoms with Crippen LogP contribution in [0.4, 0.5) is 0 Å². The summed E-state index contributed by atoms with van der Waals surface area (Å²) in [6, 6.07) is 6.55. The number of piperidine rings is 2. The number of fused-ring (bicyclic) bond motifs is 1. The van der Waals surface area contributed by atoms with Gasteiger partial charge < -0.3 is 15.4 Å². The van der Waals surface area contributed by atoms with Crippen molar-refractivity contribution in [2.24, 2.45) is 0 Å². The minimum absolute atomic E-state index is 0.280. The molecule has 2 aromatic rings. The summed E-state index contributed by atoms with van der Waals surface area (Å²) in [4.78, 5) is 0. The number of hydrogen-bond acceptors (Lipinski definition) is 5. The zero-order valence-corrected chi connectivity index (χ0v) is 14.3. The summed E-state index contributed by atoms with van der Waals surface area (Å²) in [5.74, 6) is 1.49. The first-order chi connectivity index (χ1) is 11.8. The Hall–Kier alpha value is -1.72. The molecule has 0 unspecified atom stereocenters. The summed E-state index contributed by atoms with van der Waals surface area (Å²) in [6.45, 7) is 6.26. The Morgan fingerprint density at radius 2 is 1.67 bits per heavy atom. The molecule has 0 aliphatic carbocycles. The molecule has 2 aliphatic rings. The van der Waals surface area contributed by atoms with Crippen molar-refractivity contribution in [2.75, 3.05) is 26.2 Å². The third kappa shape index (κ3) is 3.23. The van der Waals surface area contributed by atoms with E-state index in [0.29, 0.717) is 5.92 Å². The van der Waals surface area contributed by atoms with Crippen LogP contribution < -0.4 is 15.4 Å². The van der Waals surface area contributed by atoms with Crippen LogP contribution in [0, 0.1) is 6.92 Å². The standard InChI is InChI=1S/C19H26N4O/c1-13-12-17-16(14-4-8-20-9-5-14)2-3-18(19(17)23-22-13)24-15-6-10-21-11-7-15/h2-3,12,14-15,20-21H,4-11H2,1H3. The van der Waals surface area contributed by atoms with E-state index in [0.717, 1.165) is 56.0 Å². The van der Waals surface area contributed by atoms with Crippen LogP contribution in [0.25, 0.3) is 10.9 Å². The largest absolute Gasteiger partial charge is 0.488 e. The summed E-state index contributed by atoms with van der Waals surface area (Å²) in [7, 11) is 0. The lowest BCUT2D eigenvalue weighted by atomic mass is 9.87. The topological polar surface area (TPSA) is 59.1 Å². The van der Waals surface area contributed by atoms with Crippen LogP contribution in [0.3, 0.4) is 0 Å². The monoisotopic (exact) mass is 326 g/mol. The van der Waals surface area contributed by atoms with Gasteiger partial charge in [0.1, 0.15) is 17.4 Å². The quantitative estimate of drug-likeness (QED) is 0.908. The van der Waals surface area contributed by atoms with Crippen molar-refractivity contribution in [3.8, 4) is 5.75 Å². The van der Waals surface area contributed by atoms with Gasteiger partial charge in [-0.15, -0.1) is 5.10 Å². The Morgan fingerprint density at radius 1 is 0.958 bits per heavy atom. The molecule has 0 saturated carbocycles. The summed E-state index contributed by atoms with van der Waals surface area (Å²) < 4.78 is 6.30. The lowest BCUT2D eigenvalue weighted by molar-refractivity contribution is 0.164. The van der Waals surface area contributed by atoms with E-state index in [9.17, 15) is 0 Å². The van der Waals surface area contributed by atoms with Crippen LogP contribution in [-0.4, -0.2) is 42.5 Å². The highest BCUT2D eigenvalue weighted by Crippen LogP contribution is 2.35. The zero-order valence-electron chi connectivity index (χ0n) is 14.3. The van der Waals surface area contributed by atoms with Gasteiger partial charge in [0.25, 0.3) is 0 Å². The van der Waals surface area contributed by atoms with E-state index in [1.54, 1.807) is 0 Å². The number of aromatic nitrogens is 2.